The average molecular weight is 507 g/mol. The molecular weight excluding hydrogens is 479 g/mol. The Morgan fingerprint density at radius 3 is 2.44 bits per heavy atom. The predicted octanol–water partition coefficient (Wildman–Crippen LogP) is 5.11. The van der Waals surface area contributed by atoms with Gasteiger partial charge in [0.05, 0.1) is 16.3 Å². The summed E-state index contributed by atoms with van der Waals surface area (Å²) in [6, 6.07) is 17.8. The molecular formula is C28H28ClFN4O2. The standard InChI is InChI=1S/C28H28ClFN4O2/c1-2-24-26(34-18-21(29)7-12-25(34)32-24)27(35)31-17-19-3-10-23(11-4-19)33-15-13-28(36,14-16-33)20-5-8-22(30)9-6-20/h3-12,18,36H,2,13-17H2,1H3,(H,31,35). The molecule has 1 aliphatic heterocycles. The van der Waals surface area contributed by atoms with Gasteiger partial charge in [-0.15, -0.1) is 0 Å². The second-order valence-electron chi connectivity index (χ2n) is 9.21. The van der Waals surface area contributed by atoms with Gasteiger partial charge in [-0.1, -0.05) is 42.8 Å². The summed E-state index contributed by atoms with van der Waals surface area (Å²) in [5.74, 6) is -0.494. The lowest BCUT2D eigenvalue weighted by molar-refractivity contribution is 0.0117. The smallest absolute Gasteiger partial charge is 0.270 e. The molecule has 36 heavy (non-hydrogen) atoms. The summed E-state index contributed by atoms with van der Waals surface area (Å²) in [4.78, 5) is 19.8. The Kier molecular flexibility index (Phi) is 6.69. The third-order valence-corrected chi connectivity index (χ3v) is 7.15. The first kappa shape index (κ1) is 24.3. The van der Waals surface area contributed by atoms with Crippen molar-refractivity contribution < 1.29 is 14.3 Å². The van der Waals surface area contributed by atoms with E-state index in [0.29, 0.717) is 55.3 Å². The zero-order chi connectivity index (χ0) is 25.3. The van der Waals surface area contributed by atoms with Gasteiger partial charge in [-0.3, -0.25) is 9.20 Å². The number of aliphatic hydroxyl groups is 1. The number of carbonyl (C=O) groups excluding carboxylic acids is 1. The summed E-state index contributed by atoms with van der Waals surface area (Å²) >= 11 is 6.14. The second-order valence-corrected chi connectivity index (χ2v) is 9.65. The maximum Gasteiger partial charge on any atom is 0.270 e. The number of piperidine rings is 1. The molecule has 0 unspecified atom stereocenters. The van der Waals surface area contributed by atoms with Gasteiger partial charge in [-0.05, 0) is 66.8 Å². The van der Waals surface area contributed by atoms with E-state index in [4.69, 9.17) is 11.6 Å². The van der Waals surface area contributed by atoms with E-state index in [9.17, 15) is 14.3 Å². The largest absolute Gasteiger partial charge is 0.385 e. The topological polar surface area (TPSA) is 69.9 Å². The Morgan fingerprint density at radius 1 is 1.08 bits per heavy atom. The summed E-state index contributed by atoms with van der Waals surface area (Å²) in [7, 11) is 0. The third kappa shape index (κ3) is 4.81. The van der Waals surface area contributed by atoms with Crippen LogP contribution in [0.25, 0.3) is 5.65 Å². The molecule has 6 nitrogen and oxygen atoms in total. The van der Waals surface area contributed by atoms with E-state index in [2.05, 4.69) is 15.2 Å². The van der Waals surface area contributed by atoms with Crippen LogP contribution in [0.3, 0.4) is 0 Å². The number of nitrogens with zero attached hydrogens (tertiary/aromatic N) is 3. The minimum atomic E-state index is -0.937. The molecule has 4 aromatic rings. The summed E-state index contributed by atoms with van der Waals surface area (Å²) in [6.45, 7) is 3.75. The fourth-order valence-electron chi connectivity index (χ4n) is 4.83. The van der Waals surface area contributed by atoms with Gasteiger partial charge in [0.15, 0.2) is 0 Å². The summed E-state index contributed by atoms with van der Waals surface area (Å²) < 4.78 is 15.0. The van der Waals surface area contributed by atoms with Crippen LogP contribution in [0.1, 0.15) is 47.1 Å². The SMILES string of the molecule is CCc1nc2ccc(Cl)cn2c1C(=O)NCc1ccc(N2CCC(O)(c3ccc(F)cc3)CC2)cc1. The van der Waals surface area contributed by atoms with Gasteiger partial charge < -0.3 is 15.3 Å². The van der Waals surface area contributed by atoms with Gasteiger partial charge in [0, 0.05) is 31.5 Å². The highest BCUT2D eigenvalue weighted by atomic mass is 35.5. The van der Waals surface area contributed by atoms with Crippen LogP contribution in [0.4, 0.5) is 10.1 Å². The number of nitrogens with one attached hydrogen (secondary N) is 1. The van der Waals surface area contributed by atoms with Crippen LogP contribution in [-0.2, 0) is 18.6 Å². The minimum Gasteiger partial charge on any atom is -0.385 e. The summed E-state index contributed by atoms with van der Waals surface area (Å²) in [5, 5.41) is 14.6. The molecule has 0 saturated carbocycles. The number of pyridine rings is 1. The molecule has 1 aliphatic rings. The number of imidazole rings is 1. The quantitative estimate of drug-likeness (QED) is 0.381. The van der Waals surface area contributed by atoms with Gasteiger partial charge in [0.25, 0.3) is 5.91 Å². The van der Waals surface area contributed by atoms with E-state index in [1.165, 1.54) is 12.1 Å². The molecule has 2 aromatic carbocycles. The van der Waals surface area contributed by atoms with Crippen LogP contribution < -0.4 is 10.2 Å². The molecule has 186 valence electrons. The zero-order valence-corrected chi connectivity index (χ0v) is 20.8. The van der Waals surface area contributed by atoms with Gasteiger partial charge in [-0.25, -0.2) is 9.37 Å². The Labute approximate surface area is 214 Å². The Bertz CT molecular complexity index is 1380. The van der Waals surface area contributed by atoms with Gasteiger partial charge in [0.1, 0.15) is 17.2 Å². The predicted molar refractivity (Wildman–Crippen MR) is 139 cm³/mol. The monoisotopic (exact) mass is 506 g/mol. The Balaban J connectivity index is 1.21. The molecule has 1 fully saturated rings. The third-order valence-electron chi connectivity index (χ3n) is 6.93. The molecule has 1 saturated heterocycles. The van der Waals surface area contributed by atoms with Crippen LogP contribution in [0.2, 0.25) is 5.02 Å². The number of aromatic nitrogens is 2. The molecule has 0 aliphatic carbocycles. The van der Waals surface area contributed by atoms with Gasteiger partial charge in [-0.2, -0.15) is 0 Å². The van der Waals surface area contributed by atoms with E-state index in [-0.39, 0.29) is 11.7 Å². The second kappa shape index (κ2) is 9.91. The molecule has 1 amide bonds. The fourth-order valence-corrected chi connectivity index (χ4v) is 4.99. The highest BCUT2D eigenvalue weighted by molar-refractivity contribution is 6.30. The maximum absolute atomic E-state index is 13.3. The molecule has 3 heterocycles. The van der Waals surface area contributed by atoms with Crippen molar-refractivity contribution in [3.05, 3.63) is 100 Å². The minimum absolute atomic E-state index is 0.193. The zero-order valence-electron chi connectivity index (χ0n) is 20.0. The lowest BCUT2D eigenvalue weighted by atomic mass is 9.84. The average Bonchev–Trinajstić information content (AvgIpc) is 3.26. The Hall–Kier alpha value is -3.42. The molecule has 0 bridgehead atoms. The number of carbonyl (C=O) groups is 1. The molecule has 5 rings (SSSR count). The van der Waals surface area contributed by atoms with Crippen molar-refractivity contribution >= 4 is 28.8 Å². The number of anilines is 1. The van der Waals surface area contributed by atoms with E-state index in [1.807, 2.05) is 31.2 Å². The van der Waals surface area contributed by atoms with Gasteiger partial charge >= 0.3 is 0 Å². The normalized spacial score (nSPS) is 15.3. The van der Waals surface area contributed by atoms with Crippen LogP contribution >= 0.6 is 11.6 Å². The first-order valence-electron chi connectivity index (χ1n) is 12.1. The first-order chi connectivity index (χ1) is 17.4. The lowest BCUT2D eigenvalue weighted by Crippen LogP contribution is -2.42. The van der Waals surface area contributed by atoms with E-state index < -0.39 is 5.60 Å². The Morgan fingerprint density at radius 2 is 1.78 bits per heavy atom. The molecule has 8 heteroatoms. The van der Waals surface area contributed by atoms with Gasteiger partial charge in [0.2, 0.25) is 0 Å². The molecule has 0 spiro atoms. The van der Waals surface area contributed by atoms with Crippen molar-refractivity contribution in [1.82, 2.24) is 14.7 Å². The first-order valence-corrected chi connectivity index (χ1v) is 12.5. The van der Waals surface area contributed by atoms with Crippen molar-refractivity contribution in [2.24, 2.45) is 0 Å². The molecule has 0 atom stereocenters. The van der Waals surface area contributed by atoms with Crippen molar-refractivity contribution in [2.75, 3.05) is 18.0 Å². The number of hydrogen-bond acceptors (Lipinski definition) is 4. The fraction of sp³-hybridized carbons (Fsp3) is 0.286. The lowest BCUT2D eigenvalue weighted by Gasteiger charge is -2.39. The number of benzene rings is 2. The van der Waals surface area contributed by atoms with E-state index >= 15 is 0 Å². The molecule has 2 N–H and O–H groups in total. The van der Waals surface area contributed by atoms with E-state index in [0.717, 1.165) is 22.5 Å². The van der Waals surface area contributed by atoms with Crippen molar-refractivity contribution in [3.8, 4) is 0 Å². The van der Waals surface area contributed by atoms with Crippen LogP contribution in [0.15, 0.2) is 66.9 Å². The molecule has 2 aromatic heterocycles. The number of fused-ring (bicyclic) bond motifs is 1. The summed E-state index contributed by atoms with van der Waals surface area (Å²) in [6.07, 6.45) is 3.49. The molecule has 0 radical (unpaired) electrons. The maximum atomic E-state index is 13.3. The highest BCUT2D eigenvalue weighted by Gasteiger charge is 2.34. The number of hydrogen-bond donors (Lipinski definition) is 2. The highest BCUT2D eigenvalue weighted by Crippen LogP contribution is 2.34. The van der Waals surface area contributed by atoms with Crippen LogP contribution in [0.5, 0.6) is 0 Å². The van der Waals surface area contributed by atoms with Crippen molar-refractivity contribution in [1.29, 1.82) is 0 Å². The van der Waals surface area contributed by atoms with Crippen molar-refractivity contribution in [2.45, 2.75) is 38.3 Å². The summed E-state index contributed by atoms with van der Waals surface area (Å²) in [5.41, 5.74) is 3.80. The van der Waals surface area contributed by atoms with Crippen LogP contribution in [0, 0.1) is 5.82 Å². The number of rotatable bonds is 6. The van der Waals surface area contributed by atoms with Crippen molar-refractivity contribution in [3.63, 3.8) is 0 Å². The number of amides is 1. The number of aryl methyl sites for hydroxylation is 1. The van der Waals surface area contributed by atoms with E-state index in [1.54, 1.807) is 34.9 Å². The van der Waals surface area contributed by atoms with Crippen LogP contribution in [-0.4, -0.2) is 33.5 Å². The number of halogens is 2.